The number of hydrogen-bond donors (Lipinski definition) is 1. The van der Waals surface area contributed by atoms with Crippen LogP contribution in [-0.4, -0.2) is 28.5 Å². The van der Waals surface area contributed by atoms with Gasteiger partial charge < -0.3 is 10.2 Å². The maximum absolute atomic E-state index is 6.06. The second-order valence-electron chi connectivity index (χ2n) is 6.34. The van der Waals surface area contributed by atoms with Gasteiger partial charge in [-0.25, -0.2) is 0 Å². The largest absolute Gasteiger partial charge is 0.459 e. The van der Waals surface area contributed by atoms with Crippen molar-refractivity contribution >= 4 is 22.7 Å². The third-order valence-corrected chi connectivity index (χ3v) is 5.66. The Morgan fingerprint density at radius 1 is 1.29 bits per heavy atom. The number of furan rings is 1. The lowest BCUT2D eigenvalue weighted by atomic mass is 10.1. The monoisotopic (exact) mass is 304 g/mol. The SMILES string of the molecule is CC1(C)CCN(Cc2oc3ccccc3c2CN)CCS1. The number of hydrogen-bond acceptors (Lipinski definition) is 4. The Bertz CT molecular complexity index is 620. The fourth-order valence-electron chi connectivity index (χ4n) is 2.92. The first-order valence-corrected chi connectivity index (χ1v) is 8.63. The highest BCUT2D eigenvalue weighted by atomic mass is 32.2. The molecule has 1 fully saturated rings. The number of fused-ring (bicyclic) bond motifs is 1. The van der Waals surface area contributed by atoms with Crippen LogP contribution in [-0.2, 0) is 13.1 Å². The normalized spacial score (nSPS) is 19.8. The van der Waals surface area contributed by atoms with E-state index in [4.69, 9.17) is 10.2 Å². The summed E-state index contributed by atoms with van der Waals surface area (Å²) in [6, 6.07) is 8.19. The highest BCUT2D eigenvalue weighted by Crippen LogP contribution is 2.32. The molecule has 0 radical (unpaired) electrons. The molecule has 1 aliphatic heterocycles. The van der Waals surface area contributed by atoms with Gasteiger partial charge in [-0.3, -0.25) is 4.90 Å². The second-order valence-corrected chi connectivity index (χ2v) is 8.14. The molecule has 0 saturated carbocycles. The van der Waals surface area contributed by atoms with E-state index in [2.05, 4.69) is 36.6 Å². The van der Waals surface area contributed by atoms with Crippen molar-refractivity contribution in [1.82, 2.24) is 4.90 Å². The fourth-order valence-corrected chi connectivity index (χ4v) is 4.06. The molecule has 114 valence electrons. The molecule has 21 heavy (non-hydrogen) atoms. The molecule has 0 amide bonds. The van der Waals surface area contributed by atoms with Gasteiger partial charge in [-0.1, -0.05) is 32.0 Å². The zero-order valence-electron chi connectivity index (χ0n) is 12.9. The van der Waals surface area contributed by atoms with Crippen molar-refractivity contribution in [3.63, 3.8) is 0 Å². The Morgan fingerprint density at radius 2 is 2.10 bits per heavy atom. The van der Waals surface area contributed by atoms with Crippen LogP contribution in [0.1, 0.15) is 31.6 Å². The first-order valence-electron chi connectivity index (χ1n) is 7.65. The quantitative estimate of drug-likeness (QED) is 0.940. The Balaban J connectivity index is 1.81. The summed E-state index contributed by atoms with van der Waals surface area (Å²) in [6.07, 6.45) is 1.22. The zero-order valence-corrected chi connectivity index (χ0v) is 13.7. The molecule has 2 N–H and O–H groups in total. The highest BCUT2D eigenvalue weighted by Gasteiger charge is 2.25. The van der Waals surface area contributed by atoms with Crippen LogP contribution in [0, 0.1) is 0 Å². The van der Waals surface area contributed by atoms with Gasteiger partial charge in [0.1, 0.15) is 11.3 Å². The van der Waals surface area contributed by atoms with Crippen molar-refractivity contribution in [2.75, 3.05) is 18.8 Å². The maximum atomic E-state index is 6.06. The topological polar surface area (TPSA) is 42.4 Å². The molecule has 0 aliphatic carbocycles. The van der Waals surface area contributed by atoms with E-state index in [1.807, 2.05) is 18.2 Å². The van der Waals surface area contributed by atoms with Gasteiger partial charge in [-0.05, 0) is 19.0 Å². The molecule has 1 saturated heterocycles. The lowest BCUT2D eigenvalue weighted by Gasteiger charge is -2.22. The van der Waals surface area contributed by atoms with Gasteiger partial charge in [0.2, 0.25) is 0 Å². The van der Waals surface area contributed by atoms with Crippen LogP contribution in [0.25, 0.3) is 11.0 Å². The smallest absolute Gasteiger partial charge is 0.134 e. The number of rotatable bonds is 3. The lowest BCUT2D eigenvalue weighted by molar-refractivity contribution is 0.255. The molecule has 1 aromatic carbocycles. The van der Waals surface area contributed by atoms with Crippen molar-refractivity contribution in [1.29, 1.82) is 0 Å². The fraction of sp³-hybridized carbons (Fsp3) is 0.529. The van der Waals surface area contributed by atoms with Crippen molar-refractivity contribution in [3.8, 4) is 0 Å². The molecule has 2 heterocycles. The number of nitrogens with two attached hydrogens (primary N) is 1. The average Bonchev–Trinajstić information content (AvgIpc) is 2.71. The molecule has 0 spiro atoms. The van der Waals surface area contributed by atoms with Gasteiger partial charge >= 0.3 is 0 Å². The van der Waals surface area contributed by atoms with Crippen molar-refractivity contribution in [2.24, 2.45) is 5.73 Å². The third-order valence-electron chi connectivity index (χ3n) is 4.28. The van der Waals surface area contributed by atoms with E-state index in [1.54, 1.807) is 0 Å². The molecule has 3 nitrogen and oxygen atoms in total. The minimum Gasteiger partial charge on any atom is -0.459 e. The summed E-state index contributed by atoms with van der Waals surface area (Å²) in [6.45, 7) is 8.34. The molecular weight excluding hydrogens is 280 g/mol. The van der Waals surface area contributed by atoms with Crippen LogP contribution in [0.4, 0.5) is 0 Å². The number of para-hydroxylation sites is 1. The van der Waals surface area contributed by atoms with Gasteiger partial charge in [0, 0.05) is 34.5 Å². The number of nitrogens with zero attached hydrogens (tertiary/aromatic N) is 1. The van der Waals surface area contributed by atoms with Crippen LogP contribution in [0.15, 0.2) is 28.7 Å². The van der Waals surface area contributed by atoms with E-state index in [0.29, 0.717) is 11.3 Å². The first kappa shape index (κ1) is 14.9. The standard InChI is InChI=1S/C17H24N2OS/c1-17(2)7-8-19(9-10-21-17)12-16-14(11-18)13-5-3-4-6-15(13)20-16/h3-6H,7-12,18H2,1-2H3. The number of thioether (sulfide) groups is 1. The van der Waals surface area contributed by atoms with Gasteiger partial charge in [0.15, 0.2) is 0 Å². The van der Waals surface area contributed by atoms with Gasteiger partial charge in [0.05, 0.1) is 6.54 Å². The summed E-state index contributed by atoms with van der Waals surface area (Å²) in [5, 5.41) is 1.17. The highest BCUT2D eigenvalue weighted by molar-refractivity contribution is 8.00. The Kier molecular flexibility index (Phi) is 4.29. The zero-order chi connectivity index (χ0) is 14.9. The lowest BCUT2D eigenvalue weighted by Crippen LogP contribution is -2.27. The molecular formula is C17H24N2OS. The molecule has 0 atom stereocenters. The predicted octanol–water partition coefficient (Wildman–Crippen LogP) is 3.61. The predicted molar refractivity (Wildman–Crippen MR) is 90.5 cm³/mol. The van der Waals surface area contributed by atoms with Crippen molar-refractivity contribution < 1.29 is 4.42 Å². The summed E-state index contributed by atoms with van der Waals surface area (Å²) < 4.78 is 6.45. The summed E-state index contributed by atoms with van der Waals surface area (Å²) in [7, 11) is 0. The molecule has 0 unspecified atom stereocenters. The van der Waals surface area contributed by atoms with Crippen LogP contribution >= 0.6 is 11.8 Å². The van der Waals surface area contributed by atoms with E-state index < -0.39 is 0 Å². The van der Waals surface area contributed by atoms with E-state index >= 15 is 0 Å². The van der Waals surface area contributed by atoms with Crippen LogP contribution in [0.2, 0.25) is 0 Å². The van der Waals surface area contributed by atoms with E-state index in [1.165, 1.54) is 23.1 Å². The van der Waals surface area contributed by atoms with E-state index in [-0.39, 0.29) is 0 Å². The first-order chi connectivity index (χ1) is 10.1. The number of benzene rings is 1. The van der Waals surface area contributed by atoms with Gasteiger partial charge in [-0.15, -0.1) is 0 Å². The summed E-state index contributed by atoms with van der Waals surface area (Å²) in [4.78, 5) is 2.50. The van der Waals surface area contributed by atoms with Crippen LogP contribution < -0.4 is 5.73 Å². The van der Waals surface area contributed by atoms with E-state index in [0.717, 1.165) is 31.0 Å². The van der Waals surface area contributed by atoms with Gasteiger partial charge in [0.25, 0.3) is 0 Å². The minimum absolute atomic E-state index is 0.388. The van der Waals surface area contributed by atoms with Crippen LogP contribution in [0.3, 0.4) is 0 Å². The Morgan fingerprint density at radius 3 is 2.90 bits per heavy atom. The molecule has 3 rings (SSSR count). The average molecular weight is 304 g/mol. The van der Waals surface area contributed by atoms with E-state index in [9.17, 15) is 0 Å². The molecule has 1 aliphatic rings. The molecule has 0 bridgehead atoms. The minimum atomic E-state index is 0.388. The van der Waals surface area contributed by atoms with Gasteiger partial charge in [-0.2, -0.15) is 11.8 Å². The Hall–Kier alpha value is -0.970. The molecule has 1 aromatic heterocycles. The summed E-state index contributed by atoms with van der Waals surface area (Å²) >= 11 is 2.07. The second kappa shape index (κ2) is 6.03. The van der Waals surface area contributed by atoms with Crippen molar-refractivity contribution in [2.45, 2.75) is 38.1 Å². The maximum Gasteiger partial charge on any atom is 0.134 e. The summed E-state index contributed by atoms with van der Waals surface area (Å²) in [5.41, 5.74) is 8.08. The van der Waals surface area contributed by atoms with Crippen LogP contribution in [0.5, 0.6) is 0 Å². The molecule has 4 heteroatoms. The third kappa shape index (κ3) is 3.28. The Labute approximate surface area is 130 Å². The summed E-state index contributed by atoms with van der Waals surface area (Å²) in [5.74, 6) is 2.23. The van der Waals surface area contributed by atoms with Crippen molar-refractivity contribution in [3.05, 3.63) is 35.6 Å². The molecule has 2 aromatic rings.